The average molecular weight is 272 g/mol. The first-order chi connectivity index (χ1) is 9.75. The van der Waals surface area contributed by atoms with Crippen molar-refractivity contribution in [2.75, 3.05) is 6.61 Å². The van der Waals surface area contributed by atoms with Gasteiger partial charge in [-0.3, -0.25) is 9.89 Å². The van der Waals surface area contributed by atoms with Gasteiger partial charge in [0.2, 0.25) is 0 Å². The Balaban J connectivity index is 1.56. The van der Waals surface area contributed by atoms with Crippen molar-refractivity contribution in [2.24, 2.45) is 11.7 Å². The number of hydrogen-bond donors (Lipinski definition) is 3. The van der Waals surface area contributed by atoms with E-state index in [1.165, 1.54) is 0 Å². The summed E-state index contributed by atoms with van der Waals surface area (Å²) in [6, 6.07) is 7.44. The number of carbonyl (C=O) groups is 1. The minimum Gasteiger partial charge on any atom is -0.376 e. The Hall–Kier alpha value is -1.92. The van der Waals surface area contributed by atoms with E-state index in [1.807, 2.05) is 24.3 Å². The number of ether oxygens (including phenoxy) is 1. The number of hydrogen-bond acceptors (Lipinski definition) is 4. The summed E-state index contributed by atoms with van der Waals surface area (Å²) in [7, 11) is 0. The van der Waals surface area contributed by atoms with Crippen LogP contribution < -0.4 is 11.1 Å². The second-order valence-corrected chi connectivity index (χ2v) is 5.48. The maximum absolute atomic E-state index is 12.4. The number of H-pyrrole nitrogens is 1. The topological polar surface area (TPSA) is 93.0 Å². The molecule has 4 N–H and O–H groups in total. The van der Waals surface area contributed by atoms with E-state index >= 15 is 0 Å². The van der Waals surface area contributed by atoms with Gasteiger partial charge in [-0.25, -0.2) is 0 Å². The number of fused-ring (bicyclic) bond motifs is 2. The fourth-order valence-electron chi connectivity index (χ4n) is 3.28. The summed E-state index contributed by atoms with van der Waals surface area (Å²) >= 11 is 0. The number of aromatic amines is 1. The zero-order valence-electron chi connectivity index (χ0n) is 10.9. The quantitative estimate of drug-likeness (QED) is 0.738. The monoisotopic (exact) mass is 272 g/mol. The minimum absolute atomic E-state index is 0.0170. The summed E-state index contributed by atoms with van der Waals surface area (Å²) in [6.07, 6.45) is 1.06. The first-order valence-corrected chi connectivity index (χ1v) is 6.87. The highest BCUT2D eigenvalue weighted by Crippen LogP contribution is 2.37. The van der Waals surface area contributed by atoms with Gasteiger partial charge in [0.15, 0.2) is 5.69 Å². The highest BCUT2D eigenvalue weighted by molar-refractivity contribution is 6.04. The predicted octanol–water partition coefficient (Wildman–Crippen LogP) is 0.407. The van der Waals surface area contributed by atoms with Crippen molar-refractivity contribution in [2.45, 2.75) is 24.6 Å². The number of carbonyl (C=O) groups excluding carboxylic acids is 1. The Morgan fingerprint density at radius 3 is 3.20 bits per heavy atom. The maximum atomic E-state index is 12.4. The molecule has 1 aromatic carbocycles. The number of para-hydroxylation sites is 1. The molecule has 1 aliphatic carbocycles. The van der Waals surface area contributed by atoms with Gasteiger partial charge in [-0.1, -0.05) is 18.2 Å². The second-order valence-electron chi connectivity index (χ2n) is 5.48. The van der Waals surface area contributed by atoms with Crippen LogP contribution in [0, 0.1) is 5.92 Å². The molecule has 1 aliphatic heterocycles. The van der Waals surface area contributed by atoms with Crippen molar-refractivity contribution in [1.82, 2.24) is 15.5 Å². The lowest BCUT2D eigenvalue weighted by Crippen LogP contribution is -2.69. The third-order valence-electron chi connectivity index (χ3n) is 4.43. The number of amides is 1. The summed E-state index contributed by atoms with van der Waals surface area (Å²) in [5.41, 5.74) is 7.36. The van der Waals surface area contributed by atoms with Gasteiger partial charge in [0.25, 0.3) is 5.91 Å². The van der Waals surface area contributed by atoms with Crippen LogP contribution in [-0.4, -0.2) is 40.9 Å². The molecule has 0 radical (unpaired) electrons. The molecule has 6 heteroatoms. The van der Waals surface area contributed by atoms with Crippen molar-refractivity contribution in [3.63, 3.8) is 0 Å². The van der Waals surface area contributed by atoms with Crippen LogP contribution in [0.1, 0.15) is 16.9 Å². The van der Waals surface area contributed by atoms with Crippen LogP contribution in [0.15, 0.2) is 24.3 Å². The van der Waals surface area contributed by atoms with Crippen LogP contribution in [0.2, 0.25) is 0 Å². The lowest BCUT2D eigenvalue weighted by molar-refractivity contribution is -0.0161. The summed E-state index contributed by atoms with van der Waals surface area (Å²) in [5, 5.41) is 10.7. The molecule has 1 saturated carbocycles. The fraction of sp³-hybridized carbons (Fsp3) is 0.429. The van der Waals surface area contributed by atoms with Gasteiger partial charge in [-0.2, -0.15) is 5.10 Å². The van der Waals surface area contributed by atoms with E-state index in [1.54, 1.807) is 0 Å². The normalized spacial score (nSPS) is 31.9. The highest BCUT2D eigenvalue weighted by atomic mass is 16.5. The number of nitrogens with two attached hydrogens (primary N) is 1. The van der Waals surface area contributed by atoms with Crippen LogP contribution >= 0.6 is 0 Å². The maximum Gasteiger partial charge on any atom is 0.272 e. The number of rotatable bonds is 2. The molecule has 2 aliphatic rings. The van der Waals surface area contributed by atoms with Gasteiger partial charge >= 0.3 is 0 Å². The predicted molar refractivity (Wildman–Crippen MR) is 73.2 cm³/mol. The van der Waals surface area contributed by atoms with E-state index in [-0.39, 0.29) is 24.1 Å². The van der Waals surface area contributed by atoms with Crippen LogP contribution in [0.4, 0.5) is 0 Å². The average Bonchev–Trinajstić information content (AvgIpc) is 3.08. The minimum atomic E-state index is -0.197. The number of nitrogens with one attached hydrogen (secondary N) is 2. The van der Waals surface area contributed by atoms with Crippen LogP contribution in [-0.2, 0) is 4.74 Å². The van der Waals surface area contributed by atoms with E-state index in [2.05, 4.69) is 15.5 Å². The first-order valence-electron chi connectivity index (χ1n) is 6.87. The molecule has 2 fully saturated rings. The Kier molecular flexibility index (Phi) is 2.55. The second kappa shape index (κ2) is 4.29. The van der Waals surface area contributed by atoms with Crippen LogP contribution in [0.25, 0.3) is 10.9 Å². The highest BCUT2D eigenvalue weighted by Gasteiger charge is 2.52. The summed E-state index contributed by atoms with van der Waals surface area (Å²) in [5.74, 6) is 0.188. The summed E-state index contributed by atoms with van der Waals surface area (Å²) in [4.78, 5) is 12.4. The Morgan fingerprint density at radius 2 is 2.30 bits per heavy atom. The van der Waals surface area contributed by atoms with E-state index in [9.17, 15) is 4.79 Å². The van der Waals surface area contributed by atoms with E-state index < -0.39 is 0 Å². The first kappa shape index (κ1) is 11.9. The zero-order valence-corrected chi connectivity index (χ0v) is 10.9. The lowest BCUT2D eigenvalue weighted by atomic mass is 9.72. The Morgan fingerprint density at radius 1 is 1.45 bits per heavy atom. The molecule has 0 bridgehead atoms. The summed E-state index contributed by atoms with van der Waals surface area (Å²) in [6.45, 7) is 0.737. The summed E-state index contributed by atoms with van der Waals surface area (Å²) < 4.78 is 5.62. The third-order valence-corrected chi connectivity index (χ3v) is 4.43. The van der Waals surface area contributed by atoms with E-state index in [0.717, 1.165) is 23.9 Å². The van der Waals surface area contributed by atoms with E-state index in [0.29, 0.717) is 11.6 Å². The molecule has 0 unspecified atom stereocenters. The molecule has 0 spiro atoms. The molecule has 1 amide bonds. The zero-order chi connectivity index (χ0) is 13.7. The number of benzene rings is 1. The number of aromatic nitrogens is 2. The van der Waals surface area contributed by atoms with Gasteiger partial charge in [-0.05, 0) is 12.5 Å². The largest absolute Gasteiger partial charge is 0.376 e. The van der Waals surface area contributed by atoms with Crippen LogP contribution in [0.3, 0.4) is 0 Å². The van der Waals surface area contributed by atoms with Crippen molar-refractivity contribution in [3.05, 3.63) is 30.0 Å². The fourth-order valence-corrected chi connectivity index (χ4v) is 3.28. The molecule has 4 rings (SSSR count). The molecule has 20 heavy (non-hydrogen) atoms. The molecular weight excluding hydrogens is 256 g/mol. The van der Waals surface area contributed by atoms with Gasteiger partial charge in [0, 0.05) is 24.0 Å². The van der Waals surface area contributed by atoms with Gasteiger partial charge in [0.05, 0.1) is 17.7 Å². The SMILES string of the molecule is N[C@H]1[C@H]2CCO[C@H]2[C@@H]1NC(=O)c1n[nH]c2ccccc12. The molecule has 2 aromatic rings. The molecule has 2 heterocycles. The lowest BCUT2D eigenvalue weighted by Gasteiger charge is -2.45. The number of nitrogens with zero attached hydrogens (tertiary/aromatic N) is 1. The molecular formula is C14H16N4O2. The Bertz CT molecular complexity index is 668. The van der Waals surface area contributed by atoms with Gasteiger partial charge in [-0.15, -0.1) is 0 Å². The van der Waals surface area contributed by atoms with Crippen molar-refractivity contribution < 1.29 is 9.53 Å². The van der Waals surface area contributed by atoms with Gasteiger partial charge in [0.1, 0.15) is 0 Å². The molecule has 1 saturated heterocycles. The van der Waals surface area contributed by atoms with E-state index in [4.69, 9.17) is 10.5 Å². The van der Waals surface area contributed by atoms with Crippen LogP contribution in [0.5, 0.6) is 0 Å². The molecule has 4 atom stereocenters. The molecule has 104 valence electrons. The smallest absolute Gasteiger partial charge is 0.272 e. The van der Waals surface area contributed by atoms with Crippen molar-refractivity contribution in [1.29, 1.82) is 0 Å². The van der Waals surface area contributed by atoms with Gasteiger partial charge < -0.3 is 15.8 Å². The van der Waals surface area contributed by atoms with Crippen molar-refractivity contribution in [3.8, 4) is 0 Å². The third kappa shape index (κ3) is 1.58. The Labute approximate surface area is 115 Å². The molecule has 6 nitrogen and oxygen atoms in total. The standard InChI is InChI=1S/C14H16N4O2/c15-10-8-5-6-20-13(8)12(10)16-14(19)11-7-3-1-2-4-9(7)17-18-11/h1-4,8,10,12-13H,5-6,15H2,(H,16,19)(H,17,18)/t8-,10+,12-,13-/m1/s1. The molecule has 1 aromatic heterocycles. The van der Waals surface area contributed by atoms with Crippen molar-refractivity contribution >= 4 is 16.8 Å².